The van der Waals surface area contributed by atoms with Crippen molar-refractivity contribution in [3.05, 3.63) is 35.2 Å². The van der Waals surface area contributed by atoms with Gasteiger partial charge in [-0.2, -0.15) is 4.98 Å². The maximum Gasteiger partial charge on any atom is 0.227 e. The molecule has 6 heteroatoms. The van der Waals surface area contributed by atoms with Crippen molar-refractivity contribution in [1.82, 2.24) is 15.5 Å². The van der Waals surface area contributed by atoms with Gasteiger partial charge in [0, 0.05) is 24.9 Å². The maximum absolute atomic E-state index is 11.7. The Morgan fingerprint density at radius 1 is 1.36 bits per heavy atom. The van der Waals surface area contributed by atoms with Gasteiger partial charge >= 0.3 is 0 Å². The average molecular weight is 322 g/mol. The summed E-state index contributed by atoms with van der Waals surface area (Å²) in [6.45, 7) is 4.95. The highest BCUT2D eigenvalue weighted by molar-refractivity contribution is 6.33. The van der Waals surface area contributed by atoms with Crippen molar-refractivity contribution in [1.29, 1.82) is 0 Å². The Morgan fingerprint density at radius 3 is 2.86 bits per heavy atom. The average Bonchev–Trinajstić information content (AvgIpc) is 2.94. The first-order valence-electron chi connectivity index (χ1n) is 7.40. The number of aryl methyl sites for hydroxylation is 1. The first kappa shape index (κ1) is 16.5. The third-order valence-electron chi connectivity index (χ3n) is 3.19. The van der Waals surface area contributed by atoms with Crippen LogP contribution in [0.3, 0.4) is 0 Å². The predicted molar refractivity (Wildman–Crippen MR) is 85.5 cm³/mol. The molecule has 2 aromatic rings. The molecule has 1 aromatic heterocycles. The number of halogens is 1. The van der Waals surface area contributed by atoms with E-state index in [0.29, 0.717) is 42.0 Å². The predicted octanol–water partition coefficient (Wildman–Crippen LogP) is 3.48. The van der Waals surface area contributed by atoms with Crippen LogP contribution in [0.2, 0.25) is 5.02 Å². The van der Waals surface area contributed by atoms with Crippen LogP contribution >= 0.6 is 11.6 Å². The standard InChI is InChI=1S/C16H20ClN3O2/c1-11(2)9-10-18-14(21)7-8-15-19-16(20-22-15)12-5-3-4-6-13(12)17/h3-6,11H,7-10H2,1-2H3,(H,18,21). The molecule has 0 unspecified atom stereocenters. The third kappa shape index (κ3) is 4.84. The summed E-state index contributed by atoms with van der Waals surface area (Å²) in [5.74, 6) is 1.46. The Morgan fingerprint density at radius 2 is 2.14 bits per heavy atom. The van der Waals surface area contributed by atoms with Crippen LogP contribution < -0.4 is 5.32 Å². The van der Waals surface area contributed by atoms with Gasteiger partial charge in [-0.25, -0.2) is 0 Å². The highest BCUT2D eigenvalue weighted by Crippen LogP contribution is 2.24. The second-order valence-corrected chi connectivity index (χ2v) is 5.93. The molecule has 0 aliphatic heterocycles. The van der Waals surface area contributed by atoms with E-state index in [0.717, 1.165) is 12.0 Å². The highest BCUT2D eigenvalue weighted by atomic mass is 35.5. The zero-order valence-corrected chi connectivity index (χ0v) is 13.6. The molecule has 22 heavy (non-hydrogen) atoms. The monoisotopic (exact) mass is 321 g/mol. The largest absolute Gasteiger partial charge is 0.356 e. The molecule has 0 saturated heterocycles. The van der Waals surface area contributed by atoms with E-state index < -0.39 is 0 Å². The molecular weight excluding hydrogens is 302 g/mol. The summed E-state index contributed by atoms with van der Waals surface area (Å²) < 4.78 is 5.17. The van der Waals surface area contributed by atoms with Crippen LogP contribution in [0.25, 0.3) is 11.4 Å². The van der Waals surface area contributed by atoms with Crippen LogP contribution in [0.4, 0.5) is 0 Å². The lowest BCUT2D eigenvalue weighted by Gasteiger charge is -2.05. The Balaban J connectivity index is 1.85. The summed E-state index contributed by atoms with van der Waals surface area (Å²) in [7, 11) is 0. The maximum atomic E-state index is 11.7. The van der Waals surface area contributed by atoms with Crippen molar-refractivity contribution in [2.24, 2.45) is 5.92 Å². The Hall–Kier alpha value is -1.88. The summed E-state index contributed by atoms with van der Waals surface area (Å²) >= 11 is 6.09. The summed E-state index contributed by atoms with van der Waals surface area (Å²) in [5, 5.41) is 7.36. The minimum Gasteiger partial charge on any atom is -0.356 e. The second kappa shape index (κ2) is 7.94. The number of nitrogens with zero attached hydrogens (tertiary/aromatic N) is 2. The van der Waals surface area contributed by atoms with Crippen LogP contribution in [-0.4, -0.2) is 22.6 Å². The third-order valence-corrected chi connectivity index (χ3v) is 3.52. The minimum atomic E-state index is -0.00172. The Bertz CT molecular complexity index is 625. The summed E-state index contributed by atoms with van der Waals surface area (Å²) in [6.07, 6.45) is 1.73. The lowest BCUT2D eigenvalue weighted by atomic mass is 10.1. The number of rotatable bonds is 7. The van der Waals surface area contributed by atoms with E-state index in [4.69, 9.17) is 16.1 Å². The molecule has 0 aliphatic carbocycles. The van der Waals surface area contributed by atoms with Gasteiger partial charge in [0.15, 0.2) is 0 Å². The molecule has 0 bridgehead atoms. The number of aromatic nitrogens is 2. The molecule has 1 N–H and O–H groups in total. The van der Waals surface area contributed by atoms with E-state index >= 15 is 0 Å². The SMILES string of the molecule is CC(C)CCNC(=O)CCc1nc(-c2ccccc2Cl)no1. The van der Waals surface area contributed by atoms with Gasteiger partial charge in [0.1, 0.15) is 0 Å². The van der Waals surface area contributed by atoms with E-state index in [1.807, 2.05) is 18.2 Å². The Kier molecular flexibility index (Phi) is 5.95. The molecule has 2 rings (SSSR count). The van der Waals surface area contributed by atoms with E-state index in [9.17, 15) is 4.79 Å². The first-order chi connectivity index (χ1) is 10.6. The molecule has 0 spiro atoms. The Labute approximate surface area is 135 Å². The molecule has 0 radical (unpaired) electrons. The molecule has 0 atom stereocenters. The van der Waals surface area contributed by atoms with E-state index in [-0.39, 0.29) is 5.91 Å². The van der Waals surface area contributed by atoms with Gasteiger partial charge < -0.3 is 9.84 Å². The second-order valence-electron chi connectivity index (χ2n) is 5.52. The molecule has 5 nitrogen and oxygen atoms in total. The van der Waals surface area contributed by atoms with Gasteiger partial charge in [-0.3, -0.25) is 4.79 Å². The van der Waals surface area contributed by atoms with E-state index in [2.05, 4.69) is 29.3 Å². The normalized spacial score (nSPS) is 10.9. The number of amides is 1. The summed E-state index contributed by atoms with van der Waals surface area (Å²) in [6, 6.07) is 7.30. The van der Waals surface area contributed by atoms with Gasteiger partial charge in [0.25, 0.3) is 0 Å². The molecule has 0 aliphatic rings. The molecule has 118 valence electrons. The summed E-state index contributed by atoms with van der Waals surface area (Å²) in [5.41, 5.74) is 0.723. The number of carbonyl (C=O) groups is 1. The van der Waals surface area contributed by atoms with E-state index in [1.165, 1.54) is 0 Å². The quantitative estimate of drug-likeness (QED) is 0.847. The number of hydrogen-bond acceptors (Lipinski definition) is 4. The van der Waals surface area contributed by atoms with E-state index in [1.54, 1.807) is 6.07 Å². The van der Waals surface area contributed by atoms with Crippen LogP contribution in [0.15, 0.2) is 28.8 Å². The van der Waals surface area contributed by atoms with Crippen LogP contribution in [-0.2, 0) is 11.2 Å². The van der Waals surface area contributed by atoms with Crippen molar-refractivity contribution in [2.45, 2.75) is 33.1 Å². The molecule has 0 saturated carbocycles. The van der Waals surface area contributed by atoms with Crippen molar-refractivity contribution in [3.63, 3.8) is 0 Å². The zero-order valence-electron chi connectivity index (χ0n) is 12.8. The fraction of sp³-hybridized carbons (Fsp3) is 0.438. The van der Waals surface area contributed by atoms with Gasteiger partial charge in [-0.05, 0) is 24.5 Å². The number of carbonyl (C=O) groups excluding carboxylic acids is 1. The lowest BCUT2D eigenvalue weighted by molar-refractivity contribution is -0.121. The summed E-state index contributed by atoms with van der Waals surface area (Å²) in [4.78, 5) is 16.0. The smallest absolute Gasteiger partial charge is 0.227 e. The van der Waals surface area contributed by atoms with Gasteiger partial charge in [0.2, 0.25) is 17.6 Å². The number of benzene rings is 1. The van der Waals surface area contributed by atoms with Crippen molar-refractivity contribution >= 4 is 17.5 Å². The first-order valence-corrected chi connectivity index (χ1v) is 7.78. The van der Waals surface area contributed by atoms with Crippen LogP contribution in [0.1, 0.15) is 32.6 Å². The number of hydrogen-bond donors (Lipinski definition) is 1. The fourth-order valence-electron chi connectivity index (χ4n) is 1.92. The van der Waals surface area contributed by atoms with Crippen molar-refractivity contribution < 1.29 is 9.32 Å². The topological polar surface area (TPSA) is 68.0 Å². The highest BCUT2D eigenvalue weighted by Gasteiger charge is 2.12. The number of nitrogens with one attached hydrogen (secondary N) is 1. The van der Waals surface area contributed by atoms with Gasteiger partial charge in [0.05, 0.1) is 5.02 Å². The molecule has 1 amide bonds. The minimum absolute atomic E-state index is 0.00172. The van der Waals surface area contributed by atoms with Crippen molar-refractivity contribution in [3.8, 4) is 11.4 Å². The van der Waals surface area contributed by atoms with Gasteiger partial charge in [-0.15, -0.1) is 0 Å². The molecule has 1 aromatic carbocycles. The lowest BCUT2D eigenvalue weighted by Crippen LogP contribution is -2.25. The fourth-order valence-corrected chi connectivity index (χ4v) is 2.14. The molecular formula is C16H20ClN3O2. The van der Waals surface area contributed by atoms with Crippen LogP contribution in [0.5, 0.6) is 0 Å². The molecule has 0 fully saturated rings. The molecule has 1 heterocycles. The van der Waals surface area contributed by atoms with Crippen molar-refractivity contribution in [2.75, 3.05) is 6.54 Å². The zero-order chi connectivity index (χ0) is 15.9. The van der Waals surface area contributed by atoms with Gasteiger partial charge in [-0.1, -0.05) is 42.7 Å². The van der Waals surface area contributed by atoms with Crippen LogP contribution in [0, 0.1) is 5.92 Å².